The summed E-state index contributed by atoms with van der Waals surface area (Å²) in [7, 11) is 1.65. The van der Waals surface area contributed by atoms with Crippen molar-refractivity contribution in [1.29, 1.82) is 0 Å². The van der Waals surface area contributed by atoms with Crippen LogP contribution in [-0.2, 0) is 6.42 Å². The second-order valence-corrected chi connectivity index (χ2v) is 9.36. The van der Waals surface area contributed by atoms with Crippen molar-refractivity contribution >= 4 is 33.0 Å². The van der Waals surface area contributed by atoms with Crippen molar-refractivity contribution in [3.8, 4) is 27.7 Å². The van der Waals surface area contributed by atoms with E-state index in [1.165, 1.54) is 4.70 Å². The first-order valence-corrected chi connectivity index (χ1v) is 12.4. The van der Waals surface area contributed by atoms with Crippen LogP contribution in [0.4, 0.5) is 5.69 Å². The summed E-state index contributed by atoms with van der Waals surface area (Å²) in [5.41, 5.74) is 2.75. The molecular weight excluding hydrogens is 470 g/mol. The number of amides is 1. The van der Waals surface area contributed by atoms with E-state index in [0.29, 0.717) is 24.5 Å². The van der Waals surface area contributed by atoms with Crippen LogP contribution in [0, 0.1) is 0 Å². The highest BCUT2D eigenvalue weighted by atomic mass is 32.1. The van der Waals surface area contributed by atoms with Gasteiger partial charge < -0.3 is 19.9 Å². The average molecular weight is 496 g/mol. The lowest BCUT2D eigenvalue weighted by Gasteiger charge is -2.12. The minimum absolute atomic E-state index is 0.0680. The van der Waals surface area contributed by atoms with Crippen molar-refractivity contribution in [1.82, 2.24) is 0 Å². The zero-order valence-corrected chi connectivity index (χ0v) is 20.5. The van der Waals surface area contributed by atoms with Crippen LogP contribution >= 0.6 is 11.3 Å². The number of hydrogen-bond acceptors (Lipinski definition) is 5. The fraction of sp³-hybridized carbons (Fsp3) is 0.100. The molecule has 0 radical (unpaired) electrons. The molecule has 1 heterocycles. The SMILES string of the molecule is COc1ccccc1CCOc1cccc(NC(=O)c2cc(-c3cc4ccccc4s3)ccc2O)c1. The molecule has 0 aliphatic heterocycles. The van der Waals surface area contributed by atoms with Crippen molar-refractivity contribution in [2.45, 2.75) is 6.42 Å². The normalized spacial score (nSPS) is 10.8. The van der Waals surface area contributed by atoms with E-state index in [4.69, 9.17) is 9.47 Å². The van der Waals surface area contributed by atoms with E-state index < -0.39 is 0 Å². The van der Waals surface area contributed by atoms with E-state index >= 15 is 0 Å². The average Bonchev–Trinajstić information content (AvgIpc) is 3.34. The van der Waals surface area contributed by atoms with Crippen molar-refractivity contribution in [2.75, 3.05) is 19.0 Å². The third-order valence-corrected chi connectivity index (χ3v) is 7.04. The van der Waals surface area contributed by atoms with Crippen LogP contribution in [0.25, 0.3) is 20.5 Å². The summed E-state index contributed by atoms with van der Waals surface area (Å²) in [5, 5.41) is 14.4. The molecule has 36 heavy (non-hydrogen) atoms. The number of aromatic hydroxyl groups is 1. The van der Waals surface area contributed by atoms with Crippen molar-refractivity contribution in [3.63, 3.8) is 0 Å². The molecule has 0 atom stereocenters. The van der Waals surface area contributed by atoms with E-state index in [1.807, 2.05) is 54.6 Å². The second-order valence-electron chi connectivity index (χ2n) is 8.27. The largest absolute Gasteiger partial charge is 0.507 e. The molecule has 0 aliphatic carbocycles. The van der Waals surface area contributed by atoms with E-state index in [1.54, 1.807) is 42.7 Å². The molecule has 2 N–H and O–H groups in total. The molecule has 5 nitrogen and oxygen atoms in total. The molecule has 0 unspecified atom stereocenters. The van der Waals surface area contributed by atoms with Gasteiger partial charge in [0.1, 0.15) is 17.2 Å². The number of carbonyl (C=O) groups is 1. The second kappa shape index (κ2) is 10.5. The van der Waals surface area contributed by atoms with Gasteiger partial charge in [0.2, 0.25) is 0 Å². The van der Waals surface area contributed by atoms with Gasteiger partial charge in [0.15, 0.2) is 0 Å². The lowest BCUT2D eigenvalue weighted by Crippen LogP contribution is -2.12. The topological polar surface area (TPSA) is 67.8 Å². The quantitative estimate of drug-likeness (QED) is 0.240. The monoisotopic (exact) mass is 495 g/mol. The number of phenols is 1. The number of anilines is 1. The van der Waals surface area contributed by atoms with E-state index in [9.17, 15) is 9.90 Å². The Bertz CT molecular complexity index is 1490. The maximum absolute atomic E-state index is 13.0. The lowest BCUT2D eigenvalue weighted by atomic mass is 10.1. The van der Waals surface area contributed by atoms with Crippen LogP contribution in [0.3, 0.4) is 0 Å². The molecule has 0 fully saturated rings. The number of nitrogens with one attached hydrogen (secondary N) is 1. The first kappa shape index (κ1) is 23.5. The Morgan fingerprint density at radius 1 is 0.917 bits per heavy atom. The Morgan fingerprint density at radius 2 is 1.75 bits per heavy atom. The van der Waals surface area contributed by atoms with Gasteiger partial charge in [-0.15, -0.1) is 11.3 Å². The lowest BCUT2D eigenvalue weighted by molar-refractivity contribution is 0.102. The van der Waals surface area contributed by atoms with Crippen LogP contribution in [0.2, 0.25) is 0 Å². The van der Waals surface area contributed by atoms with Gasteiger partial charge in [0.25, 0.3) is 5.91 Å². The molecular formula is C30H25NO4S. The summed E-state index contributed by atoms with van der Waals surface area (Å²) in [6, 6.07) is 30.4. The molecule has 1 amide bonds. The standard InChI is InChI=1S/C30H25NO4S/c1-34-27-11-4-2-7-20(27)15-16-35-24-10-6-9-23(19-24)31-30(33)25-17-22(13-14-26(25)32)29-18-21-8-3-5-12-28(21)36-29/h2-14,17-19,32H,15-16H2,1H3,(H,31,33). The highest BCUT2D eigenvalue weighted by Gasteiger charge is 2.15. The molecule has 4 aromatic carbocycles. The Hall–Kier alpha value is -4.29. The summed E-state index contributed by atoms with van der Waals surface area (Å²) in [6.45, 7) is 0.468. The Labute approximate surface area is 213 Å². The molecule has 180 valence electrons. The Morgan fingerprint density at radius 3 is 2.61 bits per heavy atom. The predicted octanol–water partition coefficient (Wildman–Crippen LogP) is 7.16. The van der Waals surface area contributed by atoms with Gasteiger partial charge in [0.05, 0.1) is 19.3 Å². The first-order chi connectivity index (χ1) is 17.6. The van der Waals surface area contributed by atoms with Gasteiger partial charge in [-0.1, -0.05) is 42.5 Å². The zero-order chi connectivity index (χ0) is 24.9. The van der Waals surface area contributed by atoms with Crippen LogP contribution in [0.1, 0.15) is 15.9 Å². The van der Waals surface area contributed by atoms with Gasteiger partial charge in [0, 0.05) is 27.8 Å². The van der Waals surface area contributed by atoms with Crippen molar-refractivity contribution in [3.05, 3.63) is 108 Å². The maximum Gasteiger partial charge on any atom is 0.259 e. The molecule has 1 aromatic heterocycles. The zero-order valence-electron chi connectivity index (χ0n) is 19.7. The highest BCUT2D eigenvalue weighted by molar-refractivity contribution is 7.22. The van der Waals surface area contributed by atoms with E-state index in [-0.39, 0.29) is 17.2 Å². The number of carbonyl (C=O) groups excluding carboxylic acids is 1. The van der Waals surface area contributed by atoms with Gasteiger partial charge in [-0.2, -0.15) is 0 Å². The van der Waals surface area contributed by atoms with Crippen LogP contribution in [0.5, 0.6) is 17.2 Å². The third kappa shape index (κ3) is 5.19. The van der Waals surface area contributed by atoms with Crippen molar-refractivity contribution in [2.24, 2.45) is 0 Å². The fourth-order valence-corrected chi connectivity index (χ4v) is 5.10. The smallest absolute Gasteiger partial charge is 0.259 e. The van der Waals surface area contributed by atoms with Crippen LogP contribution < -0.4 is 14.8 Å². The minimum Gasteiger partial charge on any atom is -0.507 e. The molecule has 6 heteroatoms. The highest BCUT2D eigenvalue weighted by Crippen LogP contribution is 2.35. The summed E-state index contributed by atoms with van der Waals surface area (Å²) in [5.74, 6) is 1.02. The first-order valence-electron chi connectivity index (χ1n) is 11.6. The number of benzene rings is 4. The number of para-hydroxylation sites is 1. The minimum atomic E-state index is -0.387. The van der Waals surface area contributed by atoms with E-state index in [0.717, 1.165) is 27.1 Å². The van der Waals surface area contributed by atoms with Gasteiger partial charge in [-0.05, 0) is 65.0 Å². The number of methoxy groups -OCH3 is 1. The summed E-state index contributed by atoms with van der Waals surface area (Å²) < 4.78 is 12.5. The molecule has 0 aliphatic rings. The number of phenolic OH excluding ortho intramolecular Hbond substituents is 1. The predicted molar refractivity (Wildman–Crippen MR) is 146 cm³/mol. The van der Waals surface area contributed by atoms with Crippen LogP contribution in [-0.4, -0.2) is 24.7 Å². The van der Waals surface area contributed by atoms with Gasteiger partial charge in [-0.25, -0.2) is 0 Å². The molecule has 5 aromatic rings. The number of hydrogen-bond donors (Lipinski definition) is 2. The molecule has 0 saturated carbocycles. The number of thiophene rings is 1. The summed E-state index contributed by atoms with van der Waals surface area (Å²) in [4.78, 5) is 14.1. The van der Waals surface area contributed by atoms with Gasteiger partial charge >= 0.3 is 0 Å². The Kier molecular flexibility index (Phi) is 6.87. The van der Waals surface area contributed by atoms with Crippen LogP contribution in [0.15, 0.2) is 97.1 Å². The third-order valence-electron chi connectivity index (χ3n) is 5.88. The fourth-order valence-electron chi connectivity index (χ4n) is 4.05. The Balaban J connectivity index is 1.28. The molecule has 0 spiro atoms. The maximum atomic E-state index is 13.0. The van der Waals surface area contributed by atoms with Crippen molar-refractivity contribution < 1.29 is 19.4 Å². The summed E-state index contributed by atoms with van der Waals surface area (Å²) >= 11 is 1.65. The summed E-state index contributed by atoms with van der Waals surface area (Å²) in [6.07, 6.45) is 0.693. The number of rotatable bonds is 8. The molecule has 5 rings (SSSR count). The molecule has 0 saturated heterocycles. The number of fused-ring (bicyclic) bond motifs is 1. The molecule has 0 bridgehead atoms. The van der Waals surface area contributed by atoms with E-state index in [2.05, 4.69) is 23.5 Å². The van der Waals surface area contributed by atoms with Gasteiger partial charge in [-0.3, -0.25) is 4.79 Å². The number of ether oxygens (including phenoxy) is 2.